The van der Waals surface area contributed by atoms with Gasteiger partial charge < -0.3 is 15.2 Å². The molecule has 2 N–H and O–H groups in total. The highest BCUT2D eigenvalue weighted by Crippen LogP contribution is 2.28. The van der Waals surface area contributed by atoms with E-state index in [9.17, 15) is 14.7 Å². The number of nitrogens with one attached hydrogen (secondary N) is 1. The number of hydrogen-bond donors (Lipinski definition) is 2. The molecular formula is C14H17NO4. The number of hydrogen-bond acceptors (Lipinski definition) is 3. The number of aliphatic carboxylic acids is 1. The number of ether oxygens (including phenoxy) is 1. The van der Waals surface area contributed by atoms with Crippen LogP contribution in [-0.2, 0) is 19.7 Å². The average Bonchev–Trinajstić information content (AvgIpc) is 2.34. The normalized spacial score (nSPS) is 18.2. The van der Waals surface area contributed by atoms with Crippen molar-refractivity contribution < 1.29 is 19.4 Å². The van der Waals surface area contributed by atoms with Gasteiger partial charge in [0, 0.05) is 6.42 Å². The molecule has 2 rings (SSSR count). The maximum absolute atomic E-state index is 11.9. The Hall–Kier alpha value is -1.88. The number of benzene rings is 1. The lowest BCUT2D eigenvalue weighted by Gasteiger charge is -2.29. The molecule has 1 saturated heterocycles. The van der Waals surface area contributed by atoms with Gasteiger partial charge in [0.15, 0.2) is 0 Å². The molecule has 0 bridgehead atoms. The van der Waals surface area contributed by atoms with Gasteiger partial charge in [-0.3, -0.25) is 9.59 Å². The third-order valence-electron chi connectivity index (χ3n) is 3.40. The predicted molar refractivity (Wildman–Crippen MR) is 68.8 cm³/mol. The van der Waals surface area contributed by atoms with Crippen molar-refractivity contribution in [3.8, 4) is 0 Å². The first kappa shape index (κ1) is 13.5. The van der Waals surface area contributed by atoms with Crippen molar-refractivity contribution in [3.05, 3.63) is 35.9 Å². The number of carbonyl (C=O) groups is 2. The van der Waals surface area contributed by atoms with E-state index >= 15 is 0 Å². The molecule has 1 unspecified atom stereocenters. The minimum Gasteiger partial charge on any atom is -0.481 e. The second-order valence-corrected chi connectivity index (χ2v) is 4.98. The van der Waals surface area contributed by atoms with E-state index in [1.807, 2.05) is 6.07 Å². The molecule has 1 aliphatic heterocycles. The smallest absolute Gasteiger partial charge is 0.314 e. The van der Waals surface area contributed by atoms with Crippen LogP contribution in [0.5, 0.6) is 0 Å². The molecule has 19 heavy (non-hydrogen) atoms. The van der Waals surface area contributed by atoms with Crippen molar-refractivity contribution in [1.82, 2.24) is 5.32 Å². The van der Waals surface area contributed by atoms with E-state index in [0.717, 1.165) is 0 Å². The van der Waals surface area contributed by atoms with Crippen molar-refractivity contribution in [2.75, 3.05) is 13.2 Å². The summed E-state index contributed by atoms with van der Waals surface area (Å²) in [6.07, 6.45) is -0.0805. The Labute approximate surface area is 111 Å². The van der Waals surface area contributed by atoms with Crippen LogP contribution in [0, 0.1) is 0 Å². The van der Waals surface area contributed by atoms with Gasteiger partial charge in [-0.15, -0.1) is 0 Å². The van der Waals surface area contributed by atoms with Crippen LogP contribution < -0.4 is 5.32 Å². The van der Waals surface area contributed by atoms with Crippen LogP contribution in [-0.4, -0.2) is 36.2 Å². The van der Waals surface area contributed by atoms with Gasteiger partial charge >= 0.3 is 5.97 Å². The monoisotopic (exact) mass is 263 g/mol. The fraction of sp³-hybridized carbons (Fsp3) is 0.429. The van der Waals surface area contributed by atoms with E-state index in [1.165, 1.54) is 0 Å². The van der Waals surface area contributed by atoms with Gasteiger partial charge in [-0.05, 0) is 12.5 Å². The van der Waals surface area contributed by atoms with E-state index < -0.39 is 11.4 Å². The van der Waals surface area contributed by atoms with Crippen LogP contribution >= 0.6 is 0 Å². The first-order chi connectivity index (χ1) is 9.02. The van der Waals surface area contributed by atoms with Crippen LogP contribution in [0.25, 0.3) is 0 Å². The zero-order valence-corrected chi connectivity index (χ0v) is 10.8. The van der Waals surface area contributed by atoms with E-state index in [2.05, 4.69) is 5.32 Å². The number of carbonyl (C=O) groups excluding carboxylic acids is 1. The van der Waals surface area contributed by atoms with Crippen molar-refractivity contribution in [1.29, 1.82) is 0 Å². The van der Waals surface area contributed by atoms with Crippen LogP contribution in [0.4, 0.5) is 0 Å². The molecule has 0 aliphatic carbocycles. The van der Waals surface area contributed by atoms with Crippen LogP contribution in [0.3, 0.4) is 0 Å². The molecule has 1 aromatic carbocycles. The largest absolute Gasteiger partial charge is 0.481 e. The zero-order valence-electron chi connectivity index (χ0n) is 10.8. The molecule has 5 heteroatoms. The Balaban J connectivity index is 2.11. The number of carboxylic acid groups (broad SMARTS) is 1. The van der Waals surface area contributed by atoms with Crippen molar-refractivity contribution in [2.45, 2.75) is 24.8 Å². The Bertz CT molecular complexity index is 470. The predicted octanol–water partition coefficient (Wildman–Crippen LogP) is 0.934. The van der Waals surface area contributed by atoms with Crippen LogP contribution in [0.1, 0.15) is 18.9 Å². The zero-order chi connectivity index (χ0) is 13.9. The quantitative estimate of drug-likeness (QED) is 0.828. The Morgan fingerprint density at radius 3 is 2.47 bits per heavy atom. The molecule has 0 spiro atoms. The first-order valence-electron chi connectivity index (χ1n) is 6.18. The summed E-state index contributed by atoms with van der Waals surface area (Å²) in [5.74, 6) is -1.26. The summed E-state index contributed by atoms with van der Waals surface area (Å²) >= 11 is 0. The van der Waals surface area contributed by atoms with Gasteiger partial charge in [0.2, 0.25) is 5.91 Å². The standard InChI is InChI=1S/C14H17NO4/c1-14(13(17)18,10-5-3-2-4-6-10)7-12(16)15-11-8-19-9-11/h2-6,11H,7-9H2,1H3,(H,15,16)(H,17,18). The molecule has 0 radical (unpaired) electrons. The lowest BCUT2D eigenvalue weighted by molar-refractivity contribution is -0.146. The van der Waals surface area contributed by atoms with Gasteiger partial charge in [0.25, 0.3) is 0 Å². The molecule has 1 atom stereocenters. The SMILES string of the molecule is CC(CC(=O)NC1COC1)(C(=O)O)c1ccccc1. The minimum absolute atomic E-state index is 0.0151. The lowest BCUT2D eigenvalue weighted by Crippen LogP contribution is -2.50. The van der Waals surface area contributed by atoms with Crippen LogP contribution in [0.2, 0.25) is 0 Å². The second kappa shape index (κ2) is 5.40. The fourth-order valence-corrected chi connectivity index (χ4v) is 2.03. The van der Waals surface area contributed by atoms with Crippen molar-refractivity contribution in [3.63, 3.8) is 0 Å². The molecule has 1 amide bonds. The van der Waals surface area contributed by atoms with E-state index in [1.54, 1.807) is 31.2 Å². The van der Waals surface area contributed by atoms with Gasteiger partial charge in [0.1, 0.15) is 0 Å². The van der Waals surface area contributed by atoms with Gasteiger partial charge in [-0.25, -0.2) is 0 Å². The molecular weight excluding hydrogens is 246 g/mol. The summed E-state index contributed by atoms with van der Waals surface area (Å²) in [5, 5.41) is 12.2. The molecule has 1 fully saturated rings. The average molecular weight is 263 g/mol. The molecule has 0 saturated carbocycles. The third kappa shape index (κ3) is 2.93. The molecule has 5 nitrogen and oxygen atoms in total. The molecule has 1 aliphatic rings. The summed E-state index contributed by atoms with van der Waals surface area (Å²) in [5.41, 5.74) is -0.585. The first-order valence-corrected chi connectivity index (χ1v) is 6.18. The topological polar surface area (TPSA) is 75.6 Å². The second-order valence-electron chi connectivity index (χ2n) is 4.98. The van der Waals surface area contributed by atoms with Gasteiger partial charge in [-0.1, -0.05) is 30.3 Å². The highest BCUT2D eigenvalue weighted by atomic mass is 16.5. The van der Waals surface area contributed by atoms with Crippen molar-refractivity contribution in [2.24, 2.45) is 0 Å². The molecule has 0 aromatic heterocycles. The van der Waals surface area contributed by atoms with Crippen molar-refractivity contribution >= 4 is 11.9 Å². The van der Waals surface area contributed by atoms with E-state index in [0.29, 0.717) is 18.8 Å². The summed E-state index contributed by atoms with van der Waals surface area (Å²) in [6.45, 7) is 2.57. The Morgan fingerprint density at radius 1 is 1.37 bits per heavy atom. The summed E-state index contributed by atoms with van der Waals surface area (Å²) in [6, 6.07) is 8.84. The lowest BCUT2D eigenvalue weighted by atomic mass is 9.79. The van der Waals surface area contributed by atoms with Gasteiger partial charge in [0.05, 0.1) is 24.7 Å². The van der Waals surface area contributed by atoms with E-state index in [4.69, 9.17) is 4.74 Å². The molecule has 1 heterocycles. The minimum atomic E-state index is -1.21. The van der Waals surface area contributed by atoms with Gasteiger partial charge in [-0.2, -0.15) is 0 Å². The number of amides is 1. The Morgan fingerprint density at radius 2 is 2.00 bits per heavy atom. The van der Waals surface area contributed by atoms with E-state index in [-0.39, 0.29) is 18.4 Å². The maximum atomic E-state index is 11.9. The molecule has 1 aromatic rings. The summed E-state index contributed by atoms with van der Waals surface area (Å²) in [4.78, 5) is 23.4. The molecule has 102 valence electrons. The fourth-order valence-electron chi connectivity index (χ4n) is 2.03. The Kier molecular flexibility index (Phi) is 3.85. The summed E-state index contributed by atoms with van der Waals surface area (Å²) in [7, 11) is 0. The highest BCUT2D eigenvalue weighted by molar-refractivity contribution is 5.89. The third-order valence-corrected chi connectivity index (χ3v) is 3.40. The summed E-state index contributed by atoms with van der Waals surface area (Å²) < 4.78 is 4.97. The number of rotatable bonds is 5. The maximum Gasteiger partial charge on any atom is 0.314 e. The highest BCUT2D eigenvalue weighted by Gasteiger charge is 2.38. The number of carboxylic acids is 1. The van der Waals surface area contributed by atoms with Crippen LogP contribution in [0.15, 0.2) is 30.3 Å².